The van der Waals surface area contributed by atoms with Crippen molar-refractivity contribution < 1.29 is 14.3 Å². The second-order valence-corrected chi connectivity index (χ2v) is 8.03. The standard InChI is InChI=1S/C24H26N4O4/c1-2-10-25-27-21(29)9-5-6-11-28-18-13-20-19(31-14-32-20)12-17(18)22-23(28)15-7-3-4-8-16(15)24(30)26-22/h3-4,7-8,12-13,25H,2,5-6,9-11,14H2,1H3,(H,26,30)(H,27,29). The van der Waals surface area contributed by atoms with Gasteiger partial charge in [-0.05, 0) is 31.4 Å². The van der Waals surface area contributed by atoms with Gasteiger partial charge < -0.3 is 19.0 Å². The molecule has 0 saturated heterocycles. The number of benzene rings is 2. The second kappa shape index (κ2) is 8.55. The molecule has 166 valence electrons. The molecule has 5 rings (SSSR count). The van der Waals surface area contributed by atoms with Crippen LogP contribution < -0.4 is 25.9 Å². The van der Waals surface area contributed by atoms with Gasteiger partial charge in [0.2, 0.25) is 12.7 Å². The summed E-state index contributed by atoms with van der Waals surface area (Å²) in [7, 11) is 0. The SMILES string of the molecule is CCCNNC(=O)CCCCn1c2cc3c(cc2c2[nH]c(=O)c4ccccc4c21)OCO3. The topological polar surface area (TPSA) is 97.4 Å². The number of hydrogen-bond donors (Lipinski definition) is 3. The molecule has 0 bridgehead atoms. The molecule has 0 spiro atoms. The molecule has 1 amide bonds. The van der Waals surface area contributed by atoms with Crippen molar-refractivity contribution in [2.75, 3.05) is 13.3 Å². The molecule has 2 aromatic carbocycles. The molecule has 2 aromatic heterocycles. The number of carbonyl (C=O) groups excluding carboxylic acids is 1. The van der Waals surface area contributed by atoms with Crippen LogP contribution in [0.1, 0.15) is 32.6 Å². The summed E-state index contributed by atoms with van der Waals surface area (Å²) >= 11 is 0. The average molecular weight is 434 g/mol. The maximum absolute atomic E-state index is 12.8. The van der Waals surface area contributed by atoms with Gasteiger partial charge in [0.15, 0.2) is 11.5 Å². The lowest BCUT2D eigenvalue weighted by Gasteiger charge is -2.10. The predicted molar refractivity (Wildman–Crippen MR) is 124 cm³/mol. The van der Waals surface area contributed by atoms with Crippen LogP contribution in [0.4, 0.5) is 0 Å². The van der Waals surface area contributed by atoms with Crippen molar-refractivity contribution in [2.45, 2.75) is 39.2 Å². The molecule has 0 fully saturated rings. The predicted octanol–water partition coefficient (Wildman–Crippen LogP) is 3.57. The van der Waals surface area contributed by atoms with E-state index < -0.39 is 0 Å². The number of aryl methyl sites for hydroxylation is 1. The zero-order valence-electron chi connectivity index (χ0n) is 18.0. The van der Waals surface area contributed by atoms with Crippen LogP contribution in [0.2, 0.25) is 0 Å². The van der Waals surface area contributed by atoms with E-state index in [2.05, 4.69) is 20.4 Å². The van der Waals surface area contributed by atoms with Crippen LogP contribution in [0.5, 0.6) is 11.5 Å². The van der Waals surface area contributed by atoms with Crippen molar-refractivity contribution in [3.63, 3.8) is 0 Å². The van der Waals surface area contributed by atoms with Crippen molar-refractivity contribution in [1.29, 1.82) is 0 Å². The molecule has 0 unspecified atom stereocenters. The Morgan fingerprint density at radius 1 is 1.09 bits per heavy atom. The fourth-order valence-electron chi connectivity index (χ4n) is 4.35. The molecule has 1 aliphatic heterocycles. The fourth-order valence-corrected chi connectivity index (χ4v) is 4.35. The van der Waals surface area contributed by atoms with Gasteiger partial charge in [-0.15, -0.1) is 0 Å². The van der Waals surface area contributed by atoms with Crippen LogP contribution in [-0.4, -0.2) is 28.8 Å². The zero-order valence-corrected chi connectivity index (χ0v) is 18.0. The maximum atomic E-state index is 12.8. The lowest BCUT2D eigenvalue weighted by Crippen LogP contribution is -2.37. The number of amides is 1. The summed E-state index contributed by atoms with van der Waals surface area (Å²) in [5, 5.41) is 2.49. The van der Waals surface area contributed by atoms with Crippen LogP contribution >= 0.6 is 0 Å². The molecule has 4 aromatic rings. The number of aromatic amines is 1. The van der Waals surface area contributed by atoms with E-state index in [-0.39, 0.29) is 18.3 Å². The quantitative estimate of drug-likeness (QED) is 0.291. The van der Waals surface area contributed by atoms with Crippen molar-refractivity contribution in [3.05, 3.63) is 46.8 Å². The number of aromatic nitrogens is 2. The molecule has 32 heavy (non-hydrogen) atoms. The maximum Gasteiger partial charge on any atom is 0.256 e. The van der Waals surface area contributed by atoms with Gasteiger partial charge >= 0.3 is 0 Å². The summed E-state index contributed by atoms with van der Waals surface area (Å²) < 4.78 is 13.4. The smallest absolute Gasteiger partial charge is 0.256 e. The molecule has 8 nitrogen and oxygen atoms in total. The number of ether oxygens (including phenoxy) is 2. The number of rotatable bonds is 8. The van der Waals surface area contributed by atoms with E-state index in [1.165, 1.54) is 0 Å². The van der Waals surface area contributed by atoms with E-state index in [4.69, 9.17) is 9.47 Å². The third kappa shape index (κ3) is 3.56. The number of hydrazine groups is 1. The highest BCUT2D eigenvalue weighted by molar-refractivity contribution is 6.16. The first-order valence-electron chi connectivity index (χ1n) is 11.1. The number of unbranched alkanes of at least 4 members (excludes halogenated alkanes) is 1. The van der Waals surface area contributed by atoms with Gasteiger partial charge in [-0.1, -0.05) is 25.1 Å². The first-order valence-corrected chi connectivity index (χ1v) is 11.1. The van der Waals surface area contributed by atoms with Crippen molar-refractivity contribution in [3.8, 4) is 11.5 Å². The number of H-pyrrole nitrogens is 1. The summed E-state index contributed by atoms with van der Waals surface area (Å²) in [6.45, 7) is 3.72. The van der Waals surface area contributed by atoms with Gasteiger partial charge in [0.1, 0.15) is 0 Å². The number of nitrogens with one attached hydrogen (secondary N) is 3. The average Bonchev–Trinajstić information content (AvgIpc) is 3.38. The number of pyridine rings is 1. The molecule has 3 heterocycles. The Labute approximate surface area is 184 Å². The monoisotopic (exact) mass is 434 g/mol. The minimum atomic E-state index is -0.110. The van der Waals surface area contributed by atoms with Crippen LogP contribution in [0.15, 0.2) is 41.2 Å². The third-order valence-electron chi connectivity index (χ3n) is 5.86. The fraction of sp³-hybridized carbons (Fsp3) is 0.333. The second-order valence-electron chi connectivity index (χ2n) is 8.03. The van der Waals surface area contributed by atoms with Gasteiger partial charge in [-0.3, -0.25) is 15.0 Å². The van der Waals surface area contributed by atoms with Gasteiger partial charge in [0, 0.05) is 41.7 Å². The van der Waals surface area contributed by atoms with Gasteiger partial charge in [-0.25, -0.2) is 5.43 Å². The van der Waals surface area contributed by atoms with Crippen molar-refractivity contribution >= 4 is 38.6 Å². The van der Waals surface area contributed by atoms with E-state index in [1.54, 1.807) is 0 Å². The summed E-state index contributed by atoms with van der Waals surface area (Å²) in [5.74, 6) is 1.38. The third-order valence-corrected chi connectivity index (χ3v) is 5.86. The van der Waals surface area contributed by atoms with Crippen LogP contribution in [0.25, 0.3) is 32.7 Å². The van der Waals surface area contributed by atoms with Crippen LogP contribution in [0, 0.1) is 0 Å². The summed E-state index contributed by atoms with van der Waals surface area (Å²) in [5.41, 5.74) is 8.29. The Balaban J connectivity index is 1.52. The highest BCUT2D eigenvalue weighted by atomic mass is 16.7. The molecule has 8 heteroatoms. The Hall–Kier alpha value is -3.52. The minimum Gasteiger partial charge on any atom is -0.454 e. The molecular formula is C24H26N4O4. The molecule has 0 saturated carbocycles. The molecule has 0 atom stereocenters. The van der Waals surface area contributed by atoms with Gasteiger partial charge in [0.25, 0.3) is 5.56 Å². The first-order chi connectivity index (χ1) is 15.7. The largest absolute Gasteiger partial charge is 0.454 e. The normalized spacial score (nSPS) is 12.8. The van der Waals surface area contributed by atoms with Crippen molar-refractivity contribution in [2.24, 2.45) is 0 Å². The first kappa shape index (κ1) is 20.4. The Kier molecular flexibility index (Phi) is 5.45. The van der Waals surface area contributed by atoms with Crippen LogP contribution in [0.3, 0.4) is 0 Å². The lowest BCUT2D eigenvalue weighted by atomic mass is 10.1. The summed E-state index contributed by atoms with van der Waals surface area (Å²) in [6.07, 6.45) is 2.99. The molecule has 0 radical (unpaired) electrons. The molecular weight excluding hydrogens is 408 g/mol. The van der Waals surface area contributed by atoms with Crippen molar-refractivity contribution in [1.82, 2.24) is 20.4 Å². The Bertz CT molecular complexity index is 1370. The van der Waals surface area contributed by atoms with Crippen LogP contribution in [-0.2, 0) is 11.3 Å². The Morgan fingerprint density at radius 2 is 1.88 bits per heavy atom. The van der Waals surface area contributed by atoms with E-state index >= 15 is 0 Å². The van der Waals surface area contributed by atoms with E-state index in [1.807, 2.05) is 43.3 Å². The highest BCUT2D eigenvalue weighted by Crippen LogP contribution is 2.40. The number of fused-ring (bicyclic) bond motifs is 6. The molecule has 0 aliphatic carbocycles. The Morgan fingerprint density at radius 3 is 2.69 bits per heavy atom. The van der Waals surface area contributed by atoms with Gasteiger partial charge in [0.05, 0.1) is 16.6 Å². The number of hydrogen-bond acceptors (Lipinski definition) is 5. The number of nitrogens with zero attached hydrogens (tertiary/aromatic N) is 1. The molecule has 3 N–H and O–H groups in total. The zero-order chi connectivity index (χ0) is 22.1. The lowest BCUT2D eigenvalue weighted by molar-refractivity contribution is -0.122. The molecule has 1 aliphatic rings. The highest BCUT2D eigenvalue weighted by Gasteiger charge is 2.21. The minimum absolute atomic E-state index is 0.00109. The van der Waals surface area contributed by atoms with Gasteiger partial charge in [-0.2, -0.15) is 0 Å². The van der Waals surface area contributed by atoms with E-state index in [0.29, 0.717) is 29.9 Å². The van der Waals surface area contributed by atoms with E-state index in [9.17, 15) is 9.59 Å². The van der Waals surface area contributed by atoms with E-state index in [0.717, 1.165) is 53.1 Å². The summed E-state index contributed by atoms with van der Waals surface area (Å²) in [6, 6.07) is 11.6. The number of carbonyl (C=O) groups is 1. The summed E-state index contributed by atoms with van der Waals surface area (Å²) in [4.78, 5) is 27.8.